The van der Waals surface area contributed by atoms with Crippen LogP contribution in [-0.2, 0) is 17.1 Å². The molecule has 0 saturated carbocycles. The van der Waals surface area contributed by atoms with E-state index >= 15 is 0 Å². The van der Waals surface area contributed by atoms with Gasteiger partial charge in [-0.1, -0.05) is 0 Å². The zero-order valence-corrected chi connectivity index (χ0v) is 9.89. The van der Waals surface area contributed by atoms with Crippen LogP contribution in [0.15, 0.2) is 17.3 Å². The van der Waals surface area contributed by atoms with Crippen molar-refractivity contribution in [2.24, 2.45) is 7.05 Å². The number of aryl methyl sites for hydroxylation is 1. The topological polar surface area (TPSA) is 75.4 Å². The Bertz CT molecular complexity index is 468. The molecule has 1 aliphatic heterocycles. The van der Waals surface area contributed by atoms with E-state index in [2.05, 4.69) is 5.10 Å². The molecular weight excluding hydrogens is 230 g/mol. The van der Waals surface area contributed by atoms with Gasteiger partial charge in [-0.05, 0) is 12.8 Å². The van der Waals surface area contributed by atoms with Gasteiger partial charge in [-0.25, -0.2) is 8.42 Å². The van der Waals surface area contributed by atoms with Crippen LogP contribution in [0.5, 0.6) is 0 Å². The fourth-order valence-corrected chi connectivity index (χ4v) is 3.32. The maximum Gasteiger partial charge on any atom is 0.246 e. The minimum absolute atomic E-state index is 0.178. The molecule has 1 aromatic heterocycles. The van der Waals surface area contributed by atoms with Gasteiger partial charge >= 0.3 is 0 Å². The quantitative estimate of drug-likeness (QED) is 0.767. The second-order valence-corrected chi connectivity index (χ2v) is 5.95. The van der Waals surface area contributed by atoms with Crippen molar-refractivity contribution in [1.29, 1.82) is 0 Å². The Hall–Kier alpha value is -0.920. The number of rotatable bonds is 2. The number of β-amino-alcohol motifs (C(OH)–C–C–N with tert-alkyl or cyclic N) is 1. The summed E-state index contributed by atoms with van der Waals surface area (Å²) >= 11 is 0. The average Bonchev–Trinajstić information content (AvgIpc) is 2.65. The fourth-order valence-electron chi connectivity index (χ4n) is 1.82. The van der Waals surface area contributed by atoms with Gasteiger partial charge < -0.3 is 5.11 Å². The summed E-state index contributed by atoms with van der Waals surface area (Å²) in [4.78, 5) is 0.184. The first-order chi connectivity index (χ1) is 7.50. The minimum atomic E-state index is -3.48. The Balaban J connectivity index is 2.25. The SMILES string of the molecule is Cn1cc(S(=O)(=O)N2CCCC(O)C2)cn1. The predicted molar refractivity (Wildman–Crippen MR) is 57.2 cm³/mol. The number of hydrogen-bond acceptors (Lipinski definition) is 4. The molecule has 0 spiro atoms. The fraction of sp³-hybridized carbons (Fsp3) is 0.667. The highest BCUT2D eigenvalue weighted by Gasteiger charge is 2.30. The Kier molecular flexibility index (Phi) is 3.00. The van der Waals surface area contributed by atoms with E-state index in [0.717, 1.165) is 0 Å². The van der Waals surface area contributed by atoms with Crippen LogP contribution in [0.4, 0.5) is 0 Å². The molecule has 2 rings (SSSR count). The van der Waals surface area contributed by atoms with E-state index in [1.165, 1.54) is 21.4 Å². The Morgan fingerprint density at radius 2 is 2.31 bits per heavy atom. The summed E-state index contributed by atoms with van der Waals surface area (Å²) in [6, 6.07) is 0. The predicted octanol–water partition coefficient (Wildman–Crippen LogP) is -0.435. The zero-order chi connectivity index (χ0) is 11.8. The molecule has 0 aromatic carbocycles. The van der Waals surface area contributed by atoms with Crippen LogP contribution in [0.3, 0.4) is 0 Å². The van der Waals surface area contributed by atoms with Crippen molar-refractivity contribution in [2.45, 2.75) is 23.8 Å². The van der Waals surface area contributed by atoms with Gasteiger partial charge in [0.2, 0.25) is 10.0 Å². The molecule has 6 nitrogen and oxygen atoms in total. The van der Waals surface area contributed by atoms with E-state index in [1.807, 2.05) is 0 Å². The molecule has 16 heavy (non-hydrogen) atoms. The third kappa shape index (κ3) is 2.11. The molecule has 1 aromatic rings. The van der Waals surface area contributed by atoms with Crippen LogP contribution in [-0.4, -0.2) is 46.8 Å². The van der Waals surface area contributed by atoms with Crippen molar-refractivity contribution in [1.82, 2.24) is 14.1 Å². The van der Waals surface area contributed by atoms with Crippen LogP contribution < -0.4 is 0 Å². The number of nitrogens with zero attached hydrogens (tertiary/aromatic N) is 3. The summed E-state index contributed by atoms with van der Waals surface area (Å²) in [7, 11) is -1.81. The highest BCUT2D eigenvalue weighted by atomic mass is 32.2. The number of hydrogen-bond donors (Lipinski definition) is 1. The normalized spacial score (nSPS) is 23.5. The molecule has 0 radical (unpaired) electrons. The van der Waals surface area contributed by atoms with Gasteiger partial charge in [0.1, 0.15) is 4.90 Å². The molecule has 1 atom stereocenters. The summed E-state index contributed by atoms with van der Waals surface area (Å²) in [5.41, 5.74) is 0. The number of aromatic nitrogens is 2. The lowest BCUT2D eigenvalue weighted by molar-refractivity contribution is 0.108. The van der Waals surface area contributed by atoms with Gasteiger partial charge in [0.05, 0.1) is 12.3 Å². The van der Waals surface area contributed by atoms with Crippen molar-refractivity contribution < 1.29 is 13.5 Å². The first-order valence-corrected chi connectivity index (χ1v) is 6.61. The van der Waals surface area contributed by atoms with E-state index in [0.29, 0.717) is 19.4 Å². The lowest BCUT2D eigenvalue weighted by Crippen LogP contribution is -2.41. The standard InChI is InChI=1S/C9H15N3O3S/c1-11-7-9(5-10-11)16(14,15)12-4-2-3-8(13)6-12/h5,7-8,13H,2-4,6H2,1H3. The van der Waals surface area contributed by atoms with Crippen molar-refractivity contribution >= 4 is 10.0 Å². The molecular formula is C9H15N3O3S. The monoisotopic (exact) mass is 245 g/mol. The molecule has 0 aliphatic carbocycles. The van der Waals surface area contributed by atoms with Gasteiger partial charge in [0, 0.05) is 26.3 Å². The summed E-state index contributed by atoms with van der Waals surface area (Å²) in [5.74, 6) is 0. The van der Waals surface area contributed by atoms with E-state index in [4.69, 9.17) is 0 Å². The van der Waals surface area contributed by atoms with Crippen molar-refractivity contribution in [3.05, 3.63) is 12.4 Å². The highest BCUT2D eigenvalue weighted by Crippen LogP contribution is 2.19. The number of piperidine rings is 1. The van der Waals surface area contributed by atoms with Gasteiger partial charge in [0.15, 0.2) is 0 Å². The molecule has 7 heteroatoms. The van der Waals surface area contributed by atoms with Crippen molar-refractivity contribution in [3.63, 3.8) is 0 Å². The largest absolute Gasteiger partial charge is 0.392 e. The first-order valence-electron chi connectivity index (χ1n) is 5.17. The Labute approximate surface area is 94.5 Å². The first kappa shape index (κ1) is 11.6. The van der Waals surface area contributed by atoms with Crippen LogP contribution in [0.25, 0.3) is 0 Å². The molecule has 90 valence electrons. The van der Waals surface area contributed by atoms with Crippen LogP contribution in [0, 0.1) is 0 Å². The Morgan fingerprint density at radius 1 is 1.56 bits per heavy atom. The van der Waals surface area contributed by atoms with Crippen molar-refractivity contribution in [2.75, 3.05) is 13.1 Å². The third-order valence-electron chi connectivity index (χ3n) is 2.68. The maximum absolute atomic E-state index is 12.1. The minimum Gasteiger partial charge on any atom is -0.392 e. The van der Waals surface area contributed by atoms with Gasteiger partial charge in [-0.15, -0.1) is 0 Å². The highest BCUT2D eigenvalue weighted by molar-refractivity contribution is 7.89. The number of aliphatic hydroxyl groups excluding tert-OH is 1. The second-order valence-electron chi connectivity index (χ2n) is 4.01. The third-order valence-corrected chi connectivity index (χ3v) is 4.50. The van der Waals surface area contributed by atoms with Crippen LogP contribution >= 0.6 is 0 Å². The smallest absolute Gasteiger partial charge is 0.246 e. The van der Waals surface area contributed by atoms with E-state index in [1.54, 1.807) is 7.05 Å². The van der Waals surface area contributed by atoms with Crippen LogP contribution in [0.2, 0.25) is 0 Å². The zero-order valence-electron chi connectivity index (χ0n) is 9.07. The molecule has 1 aliphatic rings. The van der Waals surface area contributed by atoms with Crippen molar-refractivity contribution in [3.8, 4) is 0 Å². The van der Waals surface area contributed by atoms with Crippen LogP contribution in [0.1, 0.15) is 12.8 Å². The molecule has 1 unspecified atom stereocenters. The summed E-state index contributed by atoms with van der Waals surface area (Å²) in [6.07, 6.45) is 3.60. The number of sulfonamides is 1. The van der Waals surface area contributed by atoms with E-state index in [-0.39, 0.29) is 11.4 Å². The number of aliphatic hydroxyl groups is 1. The van der Waals surface area contributed by atoms with E-state index < -0.39 is 16.1 Å². The van der Waals surface area contributed by atoms with Gasteiger partial charge in [-0.2, -0.15) is 9.40 Å². The lowest BCUT2D eigenvalue weighted by Gasteiger charge is -2.28. The second kappa shape index (κ2) is 4.15. The lowest BCUT2D eigenvalue weighted by atomic mass is 10.1. The molecule has 1 saturated heterocycles. The van der Waals surface area contributed by atoms with E-state index in [9.17, 15) is 13.5 Å². The Morgan fingerprint density at radius 3 is 2.88 bits per heavy atom. The molecule has 2 heterocycles. The maximum atomic E-state index is 12.1. The summed E-state index contributed by atoms with van der Waals surface area (Å²) < 4.78 is 27.0. The molecule has 0 bridgehead atoms. The average molecular weight is 245 g/mol. The summed E-state index contributed by atoms with van der Waals surface area (Å²) in [6.45, 7) is 0.644. The van der Waals surface area contributed by atoms with Gasteiger partial charge in [0.25, 0.3) is 0 Å². The molecule has 1 N–H and O–H groups in total. The molecule has 0 amide bonds. The van der Waals surface area contributed by atoms with Gasteiger partial charge in [-0.3, -0.25) is 4.68 Å². The molecule has 1 fully saturated rings. The summed E-state index contributed by atoms with van der Waals surface area (Å²) in [5, 5.41) is 13.3.